The zero-order valence-corrected chi connectivity index (χ0v) is 13.3. The number of amides is 1. The molecule has 0 aromatic carbocycles. The van der Waals surface area contributed by atoms with Gasteiger partial charge in [0.05, 0.1) is 22.8 Å². The molecule has 112 valence electrons. The molecule has 1 aromatic heterocycles. The number of rotatable bonds is 4. The summed E-state index contributed by atoms with van der Waals surface area (Å²) < 4.78 is 24.8. The number of carbonyl (C=O) groups is 1. The second-order valence-electron chi connectivity index (χ2n) is 5.33. The number of hydrogen-bond acceptors (Lipinski definition) is 6. The summed E-state index contributed by atoms with van der Waals surface area (Å²) in [5.74, 6) is 0.942. The smallest absolute Gasteiger partial charge is 0.230 e. The fraction of sp³-hybridized carbons (Fsp3) is 0.727. The van der Waals surface area contributed by atoms with Crippen LogP contribution in [-0.4, -0.2) is 51.9 Å². The molecule has 1 aliphatic rings. The lowest BCUT2D eigenvalue weighted by Gasteiger charge is -2.23. The van der Waals surface area contributed by atoms with E-state index in [1.807, 2.05) is 14.0 Å². The molecule has 1 aromatic rings. The summed E-state index contributed by atoms with van der Waals surface area (Å²) >= 11 is 1.29. The van der Waals surface area contributed by atoms with Crippen LogP contribution in [0.3, 0.4) is 0 Å². The van der Waals surface area contributed by atoms with Gasteiger partial charge in [-0.3, -0.25) is 4.79 Å². The van der Waals surface area contributed by atoms with E-state index in [2.05, 4.69) is 15.5 Å². The average molecular weight is 318 g/mol. The van der Waals surface area contributed by atoms with Crippen molar-refractivity contribution in [2.45, 2.75) is 31.0 Å². The Morgan fingerprint density at radius 1 is 1.50 bits per heavy atom. The van der Waals surface area contributed by atoms with Crippen molar-refractivity contribution in [2.24, 2.45) is 7.05 Å². The van der Waals surface area contributed by atoms with Gasteiger partial charge < -0.3 is 9.88 Å². The van der Waals surface area contributed by atoms with E-state index in [1.165, 1.54) is 11.8 Å². The highest BCUT2D eigenvalue weighted by Crippen LogP contribution is 2.23. The standard InChI is InChI=1S/C11H18N4O3S2/c1-8-13-14-10(15(8)3)19-6-9(16)12-11(2)4-5-20(17,18)7-11/h4-7H2,1-3H3,(H,12,16)/t11-/m1/s1. The van der Waals surface area contributed by atoms with Crippen LogP contribution in [0.5, 0.6) is 0 Å². The molecular weight excluding hydrogens is 300 g/mol. The number of nitrogens with zero attached hydrogens (tertiary/aromatic N) is 3. The largest absolute Gasteiger partial charge is 0.349 e. The Hall–Kier alpha value is -1.09. The number of nitrogens with one attached hydrogen (secondary N) is 1. The molecule has 1 N–H and O–H groups in total. The predicted molar refractivity (Wildman–Crippen MR) is 76.3 cm³/mol. The summed E-state index contributed by atoms with van der Waals surface area (Å²) in [6.45, 7) is 3.61. The molecule has 1 saturated heterocycles. The summed E-state index contributed by atoms with van der Waals surface area (Å²) in [5, 5.41) is 11.4. The van der Waals surface area contributed by atoms with Gasteiger partial charge in [0.15, 0.2) is 15.0 Å². The van der Waals surface area contributed by atoms with Crippen molar-refractivity contribution < 1.29 is 13.2 Å². The number of aryl methyl sites for hydroxylation is 1. The van der Waals surface area contributed by atoms with Crippen LogP contribution < -0.4 is 5.32 Å². The normalized spacial score (nSPS) is 24.8. The zero-order chi connectivity index (χ0) is 15.0. The van der Waals surface area contributed by atoms with Crippen molar-refractivity contribution >= 4 is 27.5 Å². The molecule has 2 heterocycles. The van der Waals surface area contributed by atoms with Gasteiger partial charge in [-0.25, -0.2) is 8.42 Å². The van der Waals surface area contributed by atoms with Crippen molar-refractivity contribution in [1.29, 1.82) is 0 Å². The molecule has 7 nitrogen and oxygen atoms in total. The molecule has 1 fully saturated rings. The molecule has 0 radical (unpaired) electrons. The highest BCUT2D eigenvalue weighted by Gasteiger charge is 2.39. The Labute approximate surface area is 122 Å². The van der Waals surface area contributed by atoms with E-state index in [0.717, 1.165) is 5.82 Å². The average Bonchev–Trinajstić information content (AvgIpc) is 2.78. The predicted octanol–water partition coefficient (Wildman–Crippen LogP) is -0.0910. The minimum atomic E-state index is -3.02. The van der Waals surface area contributed by atoms with E-state index >= 15 is 0 Å². The molecule has 1 atom stereocenters. The monoisotopic (exact) mass is 318 g/mol. The number of sulfone groups is 1. The molecule has 2 rings (SSSR count). The molecule has 0 unspecified atom stereocenters. The number of aromatic nitrogens is 3. The van der Waals surface area contributed by atoms with E-state index in [4.69, 9.17) is 0 Å². The van der Waals surface area contributed by atoms with Crippen molar-refractivity contribution in [1.82, 2.24) is 20.1 Å². The third-order valence-corrected chi connectivity index (χ3v) is 6.25. The Morgan fingerprint density at radius 3 is 2.70 bits per heavy atom. The van der Waals surface area contributed by atoms with Gasteiger partial charge >= 0.3 is 0 Å². The second kappa shape index (κ2) is 5.36. The summed E-state index contributed by atoms with van der Waals surface area (Å²) in [6.07, 6.45) is 0.467. The summed E-state index contributed by atoms with van der Waals surface area (Å²) in [5.41, 5.74) is -0.647. The van der Waals surface area contributed by atoms with Gasteiger partial charge in [0, 0.05) is 7.05 Å². The number of thioether (sulfide) groups is 1. The van der Waals surface area contributed by atoms with Crippen molar-refractivity contribution in [3.63, 3.8) is 0 Å². The van der Waals surface area contributed by atoms with Crippen LogP contribution in [0.2, 0.25) is 0 Å². The van der Waals surface area contributed by atoms with E-state index < -0.39 is 15.4 Å². The molecule has 1 amide bonds. The lowest BCUT2D eigenvalue weighted by molar-refractivity contribution is -0.120. The van der Waals surface area contributed by atoms with Crippen molar-refractivity contribution in [3.8, 4) is 0 Å². The summed E-state index contributed by atoms with van der Waals surface area (Å²) in [6, 6.07) is 0. The van der Waals surface area contributed by atoms with Crippen LogP contribution in [0.1, 0.15) is 19.2 Å². The maximum Gasteiger partial charge on any atom is 0.230 e. The fourth-order valence-corrected chi connectivity index (χ4v) is 4.98. The first-order valence-corrected chi connectivity index (χ1v) is 9.02. The third kappa shape index (κ3) is 3.51. The third-order valence-electron chi connectivity index (χ3n) is 3.33. The lowest BCUT2D eigenvalue weighted by Crippen LogP contribution is -2.47. The van der Waals surface area contributed by atoms with Crippen LogP contribution in [-0.2, 0) is 21.7 Å². The van der Waals surface area contributed by atoms with Gasteiger partial charge in [0.2, 0.25) is 5.91 Å². The van der Waals surface area contributed by atoms with Gasteiger partial charge in [0.25, 0.3) is 0 Å². The van der Waals surface area contributed by atoms with E-state index in [1.54, 1.807) is 11.5 Å². The quantitative estimate of drug-likeness (QED) is 0.780. The maximum atomic E-state index is 11.9. The molecule has 0 aliphatic carbocycles. The highest BCUT2D eigenvalue weighted by molar-refractivity contribution is 7.99. The van der Waals surface area contributed by atoms with Gasteiger partial charge in [-0.15, -0.1) is 10.2 Å². The Bertz CT molecular complexity index is 626. The fourth-order valence-electron chi connectivity index (χ4n) is 2.13. The van der Waals surface area contributed by atoms with Gasteiger partial charge in [-0.05, 0) is 20.3 Å². The number of hydrogen-bond donors (Lipinski definition) is 1. The van der Waals surface area contributed by atoms with Crippen LogP contribution in [0.15, 0.2) is 5.16 Å². The Morgan fingerprint density at radius 2 is 2.20 bits per heavy atom. The molecular formula is C11H18N4O3S2. The summed E-state index contributed by atoms with van der Waals surface area (Å²) in [7, 11) is -1.18. The molecule has 0 spiro atoms. The first-order valence-electron chi connectivity index (χ1n) is 6.21. The maximum absolute atomic E-state index is 11.9. The second-order valence-corrected chi connectivity index (χ2v) is 8.45. The minimum Gasteiger partial charge on any atom is -0.349 e. The van der Waals surface area contributed by atoms with Gasteiger partial charge in [0.1, 0.15) is 5.82 Å². The SMILES string of the molecule is Cc1nnc(SCC(=O)N[C@]2(C)CCS(=O)(=O)C2)n1C. The molecule has 0 bridgehead atoms. The molecule has 1 aliphatic heterocycles. The molecule has 9 heteroatoms. The highest BCUT2D eigenvalue weighted by atomic mass is 32.2. The van der Waals surface area contributed by atoms with Crippen LogP contribution in [0.25, 0.3) is 0 Å². The van der Waals surface area contributed by atoms with Crippen LogP contribution >= 0.6 is 11.8 Å². The molecule has 20 heavy (non-hydrogen) atoms. The lowest BCUT2D eigenvalue weighted by atomic mass is 10.0. The topological polar surface area (TPSA) is 94.0 Å². The first kappa shape index (κ1) is 15.3. The molecule has 0 saturated carbocycles. The van der Waals surface area contributed by atoms with E-state index in [0.29, 0.717) is 11.6 Å². The number of carbonyl (C=O) groups excluding carboxylic acids is 1. The van der Waals surface area contributed by atoms with Crippen LogP contribution in [0.4, 0.5) is 0 Å². The van der Waals surface area contributed by atoms with Gasteiger partial charge in [-0.1, -0.05) is 11.8 Å². The first-order chi connectivity index (χ1) is 9.21. The van der Waals surface area contributed by atoms with Crippen molar-refractivity contribution in [3.05, 3.63) is 5.82 Å². The van der Waals surface area contributed by atoms with Crippen molar-refractivity contribution in [2.75, 3.05) is 17.3 Å². The van der Waals surface area contributed by atoms with Crippen LogP contribution in [0, 0.1) is 6.92 Å². The minimum absolute atomic E-state index is 0.0134. The van der Waals surface area contributed by atoms with E-state index in [-0.39, 0.29) is 23.2 Å². The Balaban J connectivity index is 1.89. The van der Waals surface area contributed by atoms with Gasteiger partial charge in [-0.2, -0.15) is 0 Å². The summed E-state index contributed by atoms with van der Waals surface area (Å²) in [4.78, 5) is 11.9. The zero-order valence-electron chi connectivity index (χ0n) is 11.7. The van der Waals surface area contributed by atoms with E-state index in [9.17, 15) is 13.2 Å². The Kier molecular flexibility index (Phi) is 4.10.